The fourth-order valence-electron chi connectivity index (χ4n) is 1.67. The largest absolute Gasteiger partial charge is 0.298 e. The van der Waals surface area contributed by atoms with Gasteiger partial charge >= 0.3 is 0 Å². The average molecular weight is 213 g/mol. The smallest absolute Gasteiger partial charge is 0.0125 e. The number of hydrogen-bond acceptors (Lipinski definition) is 1. The first-order chi connectivity index (χ1) is 6.73. The molecule has 0 bridgehead atoms. The Morgan fingerprint density at radius 3 is 1.73 bits per heavy atom. The Labute approximate surface area is 97.2 Å². The fourth-order valence-corrected chi connectivity index (χ4v) is 1.67. The molecule has 0 N–H and O–H groups in total. The molecule has 0 aromatic heterocycles. The van der Waals surface area contributed by atoms with Crippen LogP contribution in [0.25, 0.3) is 0 Å². The zero-order valence-electron chi connectivity index (χ0n) is 12.0. The number of rotatable bonds is 6. The molecule has 0 amide bonds. The van der Waals surface area contributed by atoms with E-state index in [0.29, 0.717) is 11.0 Å². The molecule has 1 heteroatoms. The molecule has 0 rings (SSSR count). The summed E-state index contributed by atoms with van der Waals surface area (Å²) in [5, 5.41) is 0. The second-order valence-corrected chi connectivity index (χ2v) is 6.43. The monoisotopic (exact) mass is 213 g/mol. The molecule has 0 aliphatic rings. The molecule has 0 saturated carbocycles. The summed E-state index contributed by atoms with van der Waals surface area (Å²) in [6, 6.07) is 0. The molecule has 0 aromatic rings. The van der Waals surface area contributed by atoms with E-state index in [1.54, 1.807) is 0 Å². The van der Waals surface area contributed by atoms with E-state index < -0.39 is 0 Å². The highest BCUT2D eigenvalue weighted by Gasteiger charge is 2.23. The quantitative estimate of drug-likeness (QED) is 0.635. The lowest BCUT2D eigenvalue weighted by Crippen LogP contribution is -2.43. The summed E-state index contributed by atoms with van der Waals surface area (Å²) in [5.74, 6) is 0. The van der Waals surface area contributed by atoms with E-state index in [4.69, 9.17) is 0 Å². The standard InChI is InChI=1S/C14H31N/c1-8-11-15(13(3,4)5)12-10-14(6,7)9-2/h8-12H2,1-7H3. The van der Waals surface area contributed by atoms with E-state index in [1.165, 1.54) is 32.4 Å². The maximum atomic E-state index is 2.62. The Kier molecular flexibility index (Phi) is 5.87. The first-order valence-corrected chi connectivity index (χ1v) is 6.48. The summed E-state index contributed by atoms with van der Waals surface area (Å²) in [6.07, 6.45) is 3.84. The van der Waals surface area contributed by atoms with Crippen molar-refractivity contribution in [3.05, 3.63) is 0 Å². The van der Waals surface area contributed by atoms with Gasteiger partial charge in [-0.1, -0.05) is 34.1 Å². The van der Waals surface area contributed by atoms with Crippen LogP contribution in [-0.2, 0) is 0 Å². The minimum Gasteiger partial charge on any atom is -0.298 e. The summed E-state index contributed by atoms with van der Waals surface area (Å²) < 4.78 is 0. The summed E-state index contributed by atoms with van der Waals surface area (Å²) >= 11 is 0. The Morgan fingerprint density at radius 1 is 0.867 bits per heavy atom. The Bertz CT molecular complexity index is 165. The van der Waals surface area contributed by atoms with E-state index in [9.17, 15) is 0 Å². The second kappa shape index (κ2) is 5.89. The summed E-state index contributed by atoms with van der Waals surface area (Å²) in [7, 11) is 0. The lowest BCUT2D eigenvalue weighted by atomic mass is 9.86. The molecule has 0 atom stereocenters. The minimum absolute atomic E-state index is 0.319. The fraction of sp³-hybridized carbons (Fsp3) is 1.00. The van der Waals surface area contributed by atoms with Gasteiger partial charge in [0.1, 0.15) is 0 Å². The molecular weight excluding hydrogens is 182 g/mol. The third-order valence-corrected chi connectivity index (χ3v) is 3.46. The summed E-state index contributed by atoms with van der Waals surface area (Å²) in [5.41, 5.74) is 0.817. The Morgan fingerprint density at radius 2 is 1.40 bits per heavy atom. The van der Waals surface area contributed by atoms with Gasteiger partial charge < -0.3 is 0 Å². The molecule has 0 aromatic carbocycles. The van der Waals surface area contributed by atoms with Crippen LogP contribution in [0.15, 0.2) is 0 Å². The third-order valence-electron chi connectivity index (χ3n) is 3.46. The van der Waals surface area contributed by atoms with E-state index in [2.05, 4.69) is 53.4 Å². The highest BCUT2D eigenvalue weighted by molar-refractivity contribution is 4.78. The Hall–Kier alpha value is -0.0400. The average Bonchev–Trinajstić information content (AvgIpc) is 2.10. The first-order valence-electron chi connectivity index (χ1n) is 6.48. The van der Waals surface area contributed by atoms with Gasteiger partial charge in [-0.25, -0.2) is 0 Å². The van der Waals surface area contributed by atoms with Crippen LogP contribution in [0.3, 0.4) is 0 Å². The molecule has 1 nitrogen and oxygen atoms in total. The van der Waals surface area contributed by atoms with Crippen LogP contribution in [0.2, 0.25) is 0 Å². The van der Waals surface area contributed by atoms with Crippen molar-refractivity contribution in [3.63, 3.8) is 0 Å². The normalized spacial score (nSPS) is 13.6. The van der Waals surface area contributed by atoms with Crippen molar-refractivity contribution in [2.45, 2.75) is 73.3 Å². The van der Waals surface area contributed by atoms with Crippen molar-refractivity contribution < 1.29 is 0 Å². The first kappa shape index (κ1) is 15.0. The van der Waals surface area contributed by atoms with Crippen molar-refractivity contribution in [3.8, 4) is 0 Å². The maximum absolute atomic E-state index is 2.62. The summed E-state index contributed by atoms with van der Waals surface area (Å²) in [4.78, 5) is 2.62. The zero-order valence-corrected chi connectivity index (χ0v) is 12.0. The molecule has 0 spiro atoms. The maximum Gasteiger partial charge on any atom is 0.0125 e. The van der Waals surface area contributed by atoms with Gasteiger partial charge in [-0.2, -0.15) is 0 Å². The molecule has 0 radical (unpaired) electrons. The van der Waals surface area contributed by atoms with Gasteiger partial charge in [0.05, 0.1) is 0 Å². The molecule has 0 heterocycles. The molecule has 0 saturated heterocycles. The van der Waals surface area contributed by atoms with E-state index in [-0.39, 0.29) is 0 Å². The van der Waals surface area contributed by atoms with Crippen LogP contribution >= 0.6 is 0 Å². The van der Waals surface area contributed by atoms with Crippen molar-refractivity contribution >= 4 is 0 Å². The third kappa shape index (κ3) is 6.19. The van der Waals surface area contributed by atoms with Crippen molar-refractivity contribution in [1.82, 2.24) is 4.90 Å². The van der Waals surface area contributed by atoms with Crippen LogP contribution in [-0.4, -0.2) is 23.5 Å². The van der Waals surface area contributed by atoms with E-state index >= 15 is 0 Å². The van der Waals surface area contributed by atoms with Crippen molar-refractivity contribution in [2.24, 2.45) is 5.41 Å². The zero-order chi connectivity index (χ0) is 12.1. The van der Waals surface area contributed by atoms with Crippen LogP contribution in [0.5, 0.6) is 0 Å². The van der Waals surface area contributed by atoms with Gasteiger partial charge in [0, 0.05) is 5.54 Å². The predicted octanol–water partition coefficient (Wildman–Crippen LogP) is 4.32. The van der Waals surface area contributed by atoms with Crippen LogP contribution in [0.1, 0.15) is 67.7 Å². The highest BCUT2D eigenvalue weighted by atomic mass is 15.2. The van der Waals surface area contributed by atoms with E-state index in [1.807, 2.05) is 0 Å². The molecule has 0 aliphatic carbocycles. The molecule has 92 valence electrons. The van der Waals surface area contributed by atoms with Crippen molar-refractivity contribution in [1.29, 1.82) is 0 Å². The highest BCUT2D eigenvalue weighted by Crippen LogP contribution is 2.26. The summed E-state index contributed by atoms with van der Waals surface area (Å²) in [6.45, 7) is 18.7. The van der Waals surface area contributed by atoms with Crippen LogP contribution in [0.4, 0.5) is 0 Å². The van der Waals surface area contributed by atoms with Gasteiger partial charge in [0.25, 0.3) is 0 Å². The van der Waals surface area contributed by atoms with Gasteiger partial charge in [-0.05, 0) is 52.1 Å². The molecule has 0 unspecified atom stereocenters. The second-order valence-electron chi connectivity index (χ2n) is 6.43. The van der Waals surface area contributed by atoms with Crippen LogP contribution in [0, 0.1) is 5.41 Å². The number of nitrogens with zero attached hydrogens (tertiary/aromatic N) is 1. The van der Waals surface area contributed by atoms with Gasteiger partial charge in [-0.15, -0.1) is 0 Å². The Balaban J connectivity index is 4.19. The van der Waals surface area contributed by atoms with Crippen LogP contribution < -0.4 is 0 Å². The van der Waals surface area contributed by atoms with Crippen molar-refractivity contribution in [2.75, 3.05) is 13.1 Å². The predicted molar refractivity (Wildman–Crippen MR) is 70.3 cm³/mol. The number of hydrogen-bond donors (Lipinski definition) is 0. The minimum atomic E-state index is 0.319. The van der Waals surface area contributed by atoms with Gasteiger partial charge in [0.2, 0.25) is 0 Å². The lowest BCUT2D eigenvalue weighted by molar-refractivity contribution is 0.114. The molecule has 0 aliphatic heterocycles. The lowest BCUT2D eigenvalue weighted by Gasteiger charge is -2.37. The SMILES string of the molecule is CCCN(CCC(C)(C)CC)C(C)(C)C. The molecular formula is C14H31N. The van der Waals surface area contributed by atoms with Gasteiger partial charge in [0.15, 0.2) is 0 Å². The van der Waals surface area contributed by atoms with Gasteiger partial charge in [-0.3, -0.25) is 4.90 Å². The topological polar surface area (TPSA) is 3.24 Å². The molecule has 0 fully saturated rings. The molecule has 15 heavy (non-hydrogen) atoms. The van der Waals surface area contributed by atoms with E-state index in [0.717, 1.165) is 0 Å².